The number of nitrogens with one attached hydrogen (secondary N) is 2. The number of alkyl carbamates (subject to hydrolysis) is 1. The van der Waals surface area contributed by atoms with Crippen LogP contribution >= 0.6 is 0 Å². The molecule has 2 aromatic rings. The van der Waals surface area contributed by atoms with E-state index in [1.54, 1.807) is 37.8 Å². The molecule has 0 saturated carbocycles. The second-order valence-corrected chi connectivity index (χ2v) is 11.5. The van der Waals surface area contributed by atoms with Crippen molar-refractivity contribution in [1.82, 2.24) is 10.2 Å². The van der Waals surface area contributed by atoms with E-state index in [9.17, 15) is 19.5 Å². The third-order valence-electron chi connectivity index (χ3n) is 6.94. The van der Waals surface area contributed by atoms with Crippen LogP contribution in [0.25, 0.3) is 0 Å². The number of rotatable bonds is 12. The lowest BCUT2D eigenvalue weighted by atomic mass is 9.95. The van der Waals surface area contributed by atoms with E-state index in [1.807, 2.05) is 45.9 Å². The van der Waals surface area contributed by atoms with E-state index in [-0.39, 0.29) is 23.5 Å². The number of nitrogens with zero attached hydrogens (tertiary/aromatic N) is 1. The molecular weight excluding hydrogens is 506 g/mol. The number of phenolic OH excluding ortho intramolecular Hbond substituents is 1. The summed E-state index contributed by atoms with van der Waals surface area (Å²) >= 11 is 0. The van der Waals surface area contributed by atoms with Gasteiger partial charge in [0, 0.05) is 12.2 Å². The maximum absolute atomic E-state index is 14.3. The summed E-state index contributed by atoms with van der Waals surface area (Å²) in [6, 6.07) is 10.2. The van der Waals surface area contributed by atoms with Crippen LogP contribution in [0.3, 0.4) is 0 Å². The van der Waals surface area contributed by atoms with E-state index < -0.39 is 23.8 Å². The van der Waals surface area contributed by atoms with Gasteiger partial charge >= 0.3 is 6.09 Å². The van der Waals surface area contributed by atoms with Crippen LogP contribution < -0.4 is 10.6 Å². The van der Waals surface area contributed by atoms with Gasteiger partial charge in [-0.1, -0.05) is 70.4 Å². The van der Waals surface area contributed by atoms with Crippen molar-refractivity contribution in [3.05, 3.63) is 59.2 Å². The molecule has 0 aliphatic heterocycles. The minimum atomic E-state index is -0.990. The van der Waals surface area contributed by atoms with Crippen LogP contribution in [0, 0.1) is 19.8 Å². The molecule has 0 spiro atoms. The van der Waals surface area contributed by atoms with Crippen molar-refractivity contribution in [2.45, 2.75) is 98.8 Å². The topological polar surface area (TPSA) is 108 Å². The average Bonchev–Trinajstić information content (AvgIpc) is 2.88. The maximum atomic E-state index is 14.3. The number of hydrogen-bond acceptors (Lipinski definition) is 5. The van der Waals surface area contributed by atoms with E-state index in [4.69, 9.17) is 4.74 Å². The van der Waals surface area contributed by atoms with Gasteiger partial charge in [-0.25, -0.2) is 4.79 Å². The van der Waals surface area contributed by atoms with Crippen LogP contribution in [-0.4, -0.2) is 46.1 Å². The number of anilines is 1. The third kappa shape index (κ3) is 9.28. The second kappa shape index (κ2) is 14.7. The van der Waals surface area contributed by atoms with Gasteiger partial charge in [-0.05, 0) is 75.8 Å². The molecule has 3 N–H and O–H groups in total. The number of phenols is 1. The second-order valence-electron chi connectivity index (χ2n) is 11.5. The Labute approximate surface area is 239 Å². The quantitative estimate of drug-likeness (QED) is 0.255. The molecule has 3 atom stereocenters. The molecule has 0 heterocycles. The minimum absolute atomic E-state index is 0.0607. The van der Waals surface area contributed by atoms with Crippen molar-refractivity contribution in [3.63, 3.8) is 0 Å². The zero-order valence-electron chi connectivity index (χ0n) is 25.3. The van der Waals surface area contributed by atoms with Crippen LogP contribution in [-0.2, 0) is 14.3 Å². The fraction of sp³-hybridized carbons (Fsp3) is 0.531. The number of carbonyl (C=O) groups excluding carboxylic acids is 3. The summed E-state index contributed by atoms with van der Waals surface area (Å²) in [5.74, 6) is -0.874. The van der Waals surface area contributed by atoms with Gasteiger partial charge in [0.2, 0.25) is 5.91 Å². The minimum Gasteiger partial charge on any atom is -0.508 e. The van der Waals surface area contributed by atoms with Gasteiger partial charge in [0.1, 0.15) is 23.4 Å². The summed E-state index contributed by atoms with van der Waals surface area (Å²) in [4.78, 5) is 42.8. The monoisotopic (exact) mass is 553 g/mol. The Kier molecular flexibility index (Phi) is 12.0. The number of amides is 3. The fourth-order valence-electron chi connectivity index (χ4n) is 4.53. The lowest BCUT2D eigenvalue weighted by molar-refractivity contribution is -0.142. The molecule has 0 bridgehead atoms. The van der Waals surface area contributed by atoms with E-state index in [2.05, 4.69) is 17.6 Å². The van der Waals surface area contributed by atoms with Crippen molar-refractivity contribution < 1.29 is 24.2 Å². The lowest BCUT2D eigenvalue weighted by Gasteiger charge is -2.36. The number of aromatic hydroxyl groups is 1. The van der Waals surface area contributed by atoms with Gasteiger partial charge in [0.25, 0.3) is 5.91 Å². The Morgan fingerprint density at radius 1 is 0.975 bits per heavy atom. The first-order chi connectivity index (χ1) is 18.8. The molecule has 8 heteroatoms. The molecule has 0 radical (unpaired) electrons. The lowest BCUT2D eigenvalue weighted by Crippen LogP contribution is -2.55. The smallest absolute Gasteiger partial charge is 0.408 e. The van der Waals surface area contributed by atoms with Crippen molar-refractivity contribution in [2.24, 2.45) is 5.92 Å². The molecule has 0 aliphatic rings. The van der Waals surface area contributed by atoms with Crippen molar-refractivity contribution >= 4 is 23.6 Å². The Balaban J connectivity index is 2.59. The van der Waals surface area contributed by atoms with E-state index in [1.165, 1.54) is 12.1 Å². The molecule has 220 valence electrons. The molecule has 0 fully saturated rings. The van der Waals surface area contributed by atoms with Gasteiger partial charge in [-0.15, -0.1) is 0 Å². The standard InChI is InChI=1S/C32H47N3O5/c1-9-11-12-20-35(30(38)27(21(3)10-2)34-31(39)40-32(6,7)8)28(24-16-18-25(36)19-17-24)29(37)33-26-22(4)14-13-15-23(26)5/h13-19,21,27-28,36H,9-12,20H2,1-8H3,(H,33,37)(H,34,39). The Morgan fingerprint density at radius 3 is 2.10 bits per heavy atom. The molecular formula is C32H47N3O5. The molecule has 3 amide bonds. The number of ether oxygens (including phenoxy) is 1. The molecule has 3 unspecified atom stereocenters. The molecule has 0 aromatic heterocycles. The number of aryl methyl sites for hydroxylation is 2. The van der Waals surface area contributed by atoms with Crippen LogP contribution in [0.15, 0.2) is 42.5 Å². The SMILES string of the molecule is CCCCCN(C(=O)C(NC(=O)OC(C)(C)C)C(C)CC)C(C(=O)Nc1c(C)cccc1C)c1ccc(O)cc1. The first-order valence-corrected chi connectivity index (χ1v) is 14.2. The molecule has 40 heavy (non-hydrogen) atoms. The summed E-state index contributed by atoms with van der Waals surface area (Å²) < 4.78 is 5.47. The van der Waals surface area contributed by atoms with E-state index in [0.717, 1.165) is 24.0 Å². The predicted molar refractivity (Wildman–Crippen MR) is 159 cm³/mol. The largest absolute Gasteiger partial charge is 0.508 e. The fourth-order valence-corrected chi connectivity index (χ4v) is 4.53. The molecule has 0 saturated heterocycles. The Morgan fingerprint density at radius 2 is 1.57 bits per heavy atom. The van der Waals surface area contributed by atoms with Gasteiger partial charge in [0.15, 0.2) is 0 Å². The highest BCUT2D eigenvalue weighted by Gasteiger charge is 2.38. The van der Waals surface area contributed by atoms with Crippen molar-refractivity contribution in [2.75, 3.05) is 11.9 Å². The van der Waals surface area contributed by atoms with Crippen LogP contribution in [0.1, 0.15) is 90.0 Å². The zero-order chi connectivity index (χ0) is 30.0. The average molecular weight is 554 g/mol. The number of benzene rings is 2. The number of hydrogen-bond donors (Lipinski definition) is 3. The maximum Gasteiger partial charge on any atom is 0.408 e. The highest BCUT2D eigenvalue weighted by Crippen LogP contribution is 2.29. The van der Waals surface area contributed by atoms with Gasteiger partial charge in [-0.2, -0.15) is 0 Å². The van der Waals surface area contributed by atoms with Crippen LogP contribution in [0.4, 0.5) is 10.5 Å². The number of carbonyl (C=O) groups is 3. The molecule has 2 rings (SSSR count). The molecule has 0 aliphatic carbocycles. The summed E-state index contributed by atoms with van der Waals surface area (Å²) in [6.07, 6.45) is 2.45. The summed E-state index contributed by atoms with van der Waals surface area (Å²) in [5, 5.41) is 15.8. The van der Waals surface area contributed by atoms with Crippen LogP contribution in [0.5, 0.6) is 5.75 Å². The van der Waals surface area contributed by atoms with E-state index >= 15 is 0 Å². The first kappa shape index (κ1) is 32.7. The van der Waals surface area contributed by atoms with Crippen LogP contribution in [0.2, 0.25) is 0 Å². The third-order valence-corrected chi connectivity index (χ3v) is 6.94. The number of para-hydroxylation sites is 1. The Hall–Kier alpha value is -3.55. The molecule has 2 aromatic carbocycles. The summed E-state index contributed by atoms with van der Waals surface area (Å²) in [7, 11) is 0. The normalized spacial score (nSPS) is 13.6. The Bertz CT molecular complexity index is 1120. The number of unbranched alkanes of at least 4 members (excludes halogenated alkanes) is 2. The molecule has 8 nitrogen and oxygen atoms in total. The van der Waals surface area contributed by atoms with E-state index in [0.29, 0.717) is 30.6 Å². The van der Waals surface area contributed by atoms with Crippen molar-refractivity contribution in [1.29, 1.82) is 0 Å². The highest BCUT2D eigenvalue weighted by molar-refractivity contribution is 6.00. The summed E-state index contributed by atoms with van der Waals surface area (Å²) in [5.41, 5.74) is 2.35. The van der Waals surface area contributed by atoms with Gasteiger partial charge in [0.05, 0.1) is 0 Å². The summed E-state index contributed by atoms with van der Waals surface area (Å²) in [6.45, 7) is 15.4. The zero-order valence-corrected chi connectivity index (χ0v) is 25.3. The van der Waals surface area contributed by atoms with Gasteiger partial charge < -0.3 is 25.4 Å². The van der Waals surface area contributed by atoms with Gasteiger partial charge in [-0.3, -0.25) is 9.59 Å². The first-order valence-electron chi connectivity index (χ1n) is 14.2. The highest BCUT2D eigenvalue weighted by atomic mass is 16.6. The predicted octanol–water partition coefficient (Wildman–Crippen LogP) is 6.65. The van der Waals surface area contributed by atoms with Crippen molar-refractivity contribution in [3.8, 4) is 5.75 Å².